The average Bonchev–Trinajstić information content (AvgIpc) is 2.39. The quantitative estimate of drug-likeness (QED) is 0.728. The summed E-state index contributed by atoms with van der Waals surface area (Å²) in [5.41, 5.74) is -1.79. The molecule has 1 atom stereocenters. The van der Waals surface area contributed by atoms with Gasteiger partial charge in [0, 0.05) is 12.6 Å². The van der Waals surface area contributed by atoms with Gasteiger partial charge in [-0.1, -0.05) is 13.8 Å². The monoisotopic (exact) mass is 322 g/mol. The average molecular weight is 322 g/mol. The molecule has 0 saturated heterocycles. The number of hydrogen-bond donors (Lipinski definition) is 3. The van der Waals surface area contributed by atoms with E-state index in [1.54, 1.807) is 13.8 Å². The number of anilines is 1. The highest BCUT2D eigenvalue weighted by Crippen LogP contribution is 2.35. The van der Waals surface area contributed by atoms with Crippen LogP contribution in [0.3, 0.4) is 0 Å². The molecule has 22 heavy (non-hydrogen) atoms. The molecule has 0 radical (unpaired) electrons. The highest BCUT2D eigenvalue weighted by molar-refractivity contribution is 5.90. The third kappa shape index (κ3) is 5.18. The van der Waals surface area contributed by atoms with Crippen molar-refractivity contribution in [3.8, 4) is 0 Å². The maximum atomic E-state index is 13.0. The summed E-state index contributed by atoms with van der Waals surface area (Å²) in [6.45, 7) is 3.45. The lowest BCUT2D eigenvalue weighted by Gasteiger charge is -2.22. The zero-order valence-electron chi connectivity index (χ0n) is 12.2. The van der Waals surface area contributed by atoms with Gasteiger partial charge in [-0.15, -0.1) is 0 Å². The Kier molecular flexibility index (Phi) is 6.16. The number of aliphatic hydroxyl groups is 1. The molecule has 0 aliphatic carbocycles. The minimum atomic E-state index is -4.78. The number of carbonyl (C=O) groups is 1. The number of rotatable bonds is 5. The molecule has 0 heterocycles. The van der Waals surface area contributed by atoms with E-state index in [1.807, 2.05) is 0 Å². The number of alkyl halides is 3. The summed E-state index contributed by atoms with van der Waals surface area (Å²) in [6, 6.07) is 0.777. The Morgan fingerprint density at radius 3 is 2.45 bits per heavy atom. The number of carbonyl (C=O) groups excluding carboxylic acids is 1. The number of hydrogen-bond acceptors (Lipinski definition) is 2. The number of nitrogens with one attached hydrogen (secondary N) is 2. The molecular formula is C14H18F4N2O2. The third-order valence-electron chi connectivity index (χ3n) is 3.10. The molecule has 0 aliphatic rings. The molecule has 0 aliphatic heterocycles. The molecule has 3 N–H and O–H groups in total. The first-order valence-electron chi connectivity index (χ1n) is 6.70. The predicted octanol–water partition coefficient (Wildman–Crippen LogP) is 3.37. The van der Waals surface area contributed by atoms with Crippen molar-refractivity contribution in [2.45, 2.75) is 32.5 Å². The van der Waals surface area contributed by atoms with Crippen molar-refractivity contribution in [1.29, 1.82) is 0 Å². The molecule has 0 spiro atoms. The molecular weight excluding hydrogens is 304 g/mol. The van der Waals surface area contributed by atoms with Crippen LogP contribution < -0.4 is 10.6 Å². The van der Waals surface area contributed by atoms with Crippen LogP contribution in [0.25, 0.3) is 0 Å². The van der Waals surface area contributed by atoms with E-state index in [0.717, 1.165) is 12.1 Å². The van der Waals surface area contributed by atoms with Gasteiger partial charge in [0.05, 0.1) is 11.3 Å². The van der Waals surface area contributed by atoms with Crippen LogP contribution >= 0.6 is 0 Å². The van der Waals surface area contributed by atoms with Crippen LogP contribution in [-0.4, -0.2) is 23.8 Å². The zero-order valence-corrected chi connectivity index (χ0v) is 12.2. The molecule has 1 rings (SSSR count). The first-order chi connectivity index (χ1) is 10.1. The molecule has 1 aromatic rings. The summed E-state index contributed by atoms with van der Waals surface area (Å²) in [4.78, 5) is 11.8. The summed E-state index contributed by atoms with van der Waals surface area (Å²) < 4.78 is 51.4. The van der Waals surface area contributed by atoms with Crippen molar-refractivity contribution in [3.05, 3.63) is 29.6 Å². The Morgan fingerprint density at radius 1 is 1.32 bits per heavy atom. The molecule has 2 amide bonds. The first-order valence-corrected chi connectivity index (χ1v) is 6.70. The normalized spacial score (nSPS) is 13.1. The first kappa shape index (κ1) is 18.2. The molecule has 0 bridgehead atoms. The van der Waals surface area contributed by atoms with Gasteiger partial charge in [0.2, 0.25) is 0 Å². The molecule has 4 nitrogen and oxygen atoms in total. The van der Waals surface area contributed by atoms with Gasteiger partial charge in [-0.25, -0.2) is 9.18 Å². The van der Waals surface area contributed by atoms with Crippen LogP contribution in [0.15, 0.2) is 18.2 Å². The van der Waals surface area contributed by atoms with Crippen molar-refractivity contribution in [2.24, 2.45) is 5.92 Å². The fourth-order valence-corrected chi connectivity index (χ4v) is 1.90. The molecule has 124 valence electrons. The maximum Gasteiger partial charge on any atom is 0.418 e. The Morgan fingerprint density at radius 2 is 1.95 bits per heavy atom. The van der Waals surface area contributed by atoms with Crippen LogP contribution in [0.5, 0.6) is 0 Å². The summed E-state index contributed by atoms with van der Waals surface area (Å²) in [7, 11) is 0. The predicted molar refractivity (Wildman–Crippen MR) is 73.9 cm³/mol. The Labute approximate surface area is 125 Å². The van der Waals surface area contributed by atoms with E-state index < -0.39 is 29.3 Å². The van der Waals surface area contributed by atoms with Gasteiger partial charge in [0.25, 0.3) is 0 Å². The van der Waals surface area contributed by atoms with Crippen molar-refractivity contribution >= 4 is 11.7 Å². The Balaban J connectivity index is 2.88. The van der Waals surface area contributed by atoms with E-state index in [4.69, 9.17) is 5.11 Å². The van der Waals surface area contributed by atoms with E-state index in [9.17, 15) is 22.4 Å². The highest BCUT2D eigenvalue weighted by Gasteiger charge is 2.34. The van der Waals surface area contributed by atoms with Crippen molar-refractivity contribution in [1.82, 2.24) is 5.32 Å². The fourth-order valence-electron chi connectivity index (χ4n) is 1.90. The van der Waals surface area contributed by atoms with Gasteiger partial charge in [-0.05, 0) is 30.5 Å². The van der Waals surface area contributed by atoms with Crippen molar-refractivity contribution < 1.29 is 27.5 Å². The van der Waals surface area contributed by atoms with Crippen LogP contribution in [0.1, 0.15) is 25.8 Å². The topological polar surface area (TPSA) is 61.4 Å². The van der Waals surface area contributed by atoms with E-state index in [-0.39, 0.29) is 25.0 Å². The lowest BCUT2D eigenvalue weighted by Crippen LogP contribution is -2.41. The highest BCUT2D eigenvalue weighted by atomic mass is 19.4. The second-order valence-electron chi connectivity index (χ2n) is 5.15. The largest absolute Gasteiger partial charge is 0.418 e. The van der Waals surface area contributed by atoms with E-state index in [0.29, 0.717) is 6.07 Å². The zero-order chi connectivity index (χ0) is 16.9. The third-order valence-corrected chi connectivity index (χ3v) is 3.10. The SMILES string of the molecule is CC(C)C(CCO)NC(=O)Nc1ccc(F)cc1C(F)(F)F. The number of aliphatic hydroxyl groups excluding tert-OH is 1. The van der Waals surface area contributed by atoms with Crippen molar-refractivity contribution in [3.63, 3.8) is 0 Å². The summed E-state index contributed by atoms with van der Waals surface area (Å²) in [5, 5.41) is 13.5. The number of urea groups is 1. The lowest BCUT2D eigenvalue weighted by atomic mass is 10.0. The molecule has 0 fully saturated rings. The standard InChI is InChI=1S/C14H18F4N2O2/c1-8(2)11(5-6-21)19-13(22)20-12-4-3-9(15)7-10(12)14(16,17)18/h3-4,7-8,11,21H,5-6H2,1-2H3,(H2,19,20,22). The van der Waals surface area contributed by atoms with Gasteiger partial charge in [-0.2, -0.15) is 13.2 Å². The summed E-state index contributed by atoms with van der Waals surface area (Å²) >= 11 is 0. The molecule has 1 unspecified atom stereocenters. The van der Waals surface area contributed by atoms with Crippen molar-refractivity contribution in [2.75, 3.05) is 11.9 Å². The van der Waals surface area contributed by atoms with Crippen LogP contribution in [0, 0.1) is 11.7 Å². The number of amides is 2. The number of benzene rings is 1. The molecule has 0 aromatic heterocycles. The van der Waals surface area contributed by atoms with Crippen LogP contribution in [0.2, 0.25) is 0 Å². The molecule has 0 saturated carbocycles. The molecule has 1 aromatic carbocycles. The van der Waals surface area contributed by atoms with Crippen LogP contribution in [0.4, 0.5) is 28.0 Å². The van der Waals surface area contributed by atoms with E-state index >= 15 is 0 Å². The minimum absolute atomic E-state index is 0.00629. The smallest absolute Gasteiger partial charge is 0.396 e. The van der Waals surface area contributed by atoms with Gasteiger partial charge in [-0.3, -0.25) is 0 Å². The van der Waals surface area contributed by atoms with Crippen LogP contribution in [-0.2, 0) is 6.18 Å². The van der Waals surface area contributed by atoms with Gasteiger partial charge in [0.15, 0.2) is 0 Å². The van der Waals surface area contributed by atoms with E-state index in [2.05, 4.69) is 10.6 Å². The summed E-state index contributed by atoms with van der Waals surface area (Å²) in [5.74, 6) is -1.05. The lowest BCUT2D eigenvalue weighted by molar-refractivity contribution is -0.137. The Hall–Kier alpha value is -1.83. The van der Waals surface area contributed by atoms with Gasteiger partial charge in [0.1, 0.15) is 5.82 Å². The minimum Gasteiger partial charge on any atom is -0.396 e. The van der Waals surface area contributed by atoms with Gasteiger partial charge < -0.3 is 15.7 Å². The number of halogens is 4. The molecule has 8 heteroatoms. The Bertz CT molecular complexity index is 518. The second kappa shape index (κ2) is 7.44. The second-order valence-corrected chi connectivity index (χ2v) is 5.15. The fraction of sp³-hybridized carbons (Fsp3) is 0.500. The van der Waals surface area contributed by atoms with E-state index in [1.165, 1.54) is 0 Å². The van der Waals surface area contributed by atoms with Gasteiger partial charge >= 0.3 is 12.2 Å². The summed E-state index contributed by atoms with van der Waals surface area (Å²) in [6.07, 6.45) is -4.51. The maximum absolute atomic E-state index is 13.0.